The summed E-state index contributed by atoms with van der Waals surface area (Å²) in [5.41, 5.74) is 0. The van der Waals surface area contributed by atoms with Gasteiger partial charge in [0, 0.05) is 0 Å². The van der Waals surface area contributed by atoms with Gasteiger partial charge in [-0.05, 0) is 0 Å². The van der Waals surface area contributed by atoms with E-state index in [-0.39, 0.29) is 13.2 Å². The van der Waals surface area contributed by atoms with Crippen LogP contribution in [-0.2, 0) is 23.8 Å². The number of rotatable bonds is 2. The molecule has 1 unspecified atom stereocenters. The molecule has 0 saturated carbocycles. The largest absolute Gasteiger partial charge is 0.469 e. The van der Waals surface area contributed by atoms with Gasteiger partial charge in [-0.3, -0.25) is 9.59 Å². The lowest BCUT2D eigenvalue weighted by atomic mass is 9.96. The number of carbonyl (C=O) groups is 2. The van der Waals surface area contributed by atoms with Crippen LogP contribution in [0.25, 0.3) is 0 Å². The van der Waals surface area contributed by atoms with Crippen molar-refractivity contribution in [2.45, 2.75) is 0 Å². The summed E-state index contributed by atoms with van der Waals surface area (Å²) < 4.78 is 14.1. The Bertz CT molecular complexity index is 191. The maximum Gasteiger partial charge on any atom is 0.311 e. The molecule has 74 valence electrons. The predicted molar refractivity (Wildman–Crippen MR) is 41.8 cm³/mol. The highest BCUT2D eigenvalue weighted by Gasteiger charge is 2.40. The third-order valence-corrected chi connectivity index (χ3v) is 2.09. The Hall–Kier alpha value is -1.10. The maximum atomic E-state index is 11.1. The quantitative estimate of drug-likeness (QED) is 0.551. The highest BCUT2D eigenvalue weighted by molar-refractivity contribution is 5.82. The second-order valence-electron chi connectivity index (χ2n) is 2.80. The van der Waals surface area contributed by atoms with Gasteiger partial charge < -0.3 is 14.2 Å². The van der Waals surface area contributed by atoms with E-state index in [2.05, 4.69) is 9.47 Å². The fraction of sp³-hybridized carbons (Fsp3) is 0.750. The van der Waals surface area contributed by atoms with Gasteiger partial charge in [-0.15, -0.1) is 0 Å². The molecule has 0 spiro atoms. The van der Waals surface area contributed by atoms with Gasteiger partial charge in [0.2, 0.25) is 0 Å². The van der Waals surface area contributed by atoms with E-state index < -0.39 is 23.8 Å². The Morgan fingerprint density at radius 1 is 1.08 bits per heavy atom. The Kier molecular flexibility index (Phi) is 3.25. The van der Waals surface area contributed by atoms with E-state index in [0.29, 0.717) is 0 Å². The highest BCUT2D eigenvalue weighted by atomic mass is 16.5. The molecule has 0 aromatic carbocycles. The standard InChI is InChI=1S/C8H12O5/c1-11-7(9)5-3-13-4-6(5)8(10)12-2/h5-6H,3-4H2,1-2H3/t5-,6?/m1/s1. The first-order chi connectivity index (χ1) is 6.20. The molecule has 5 nitrogen and oxygen atoms in total. The molecule has 13 heavy (non-hydrogen) atoms. The monoisotopic (exact) mass is 188 g/mol. The number of hydrogen-bond acceptors (Lipinski definition) is 5. The number of carbonyl (C=O) groups excluding carboxylic acids is 2. The molecule has 2 atom stereocenters. The van der Waals surface area contributed by atoms with E-state index in [4.69, 9.17) is 4.74 Å². The molecule has 1 heterocycles. The molecule has 0 radical (unpaired) electrons. The maximum absolute atomic E-state index is 11.1. The fourth-order valence-electron chi connectivity index (χ4n) is 1.32. The van der Waals surface area contributed by atoms with Crippen LogP contribution >= 0.6 is 0 Å². The van der Waals surface area contributed by atoms with Crippen molar-refractivity contribution < 1.29 is 23.8 Å². The van der Waals surface area contributed by atoms with E-state index in [9.17, 15) is 9.59 Å². The molecular formula is C8H12O5. The van der Waals surface area contributed by atoms with Gasteiger partial charge in [0.15, 0.2) is 0 Å². The molecular weight excluding hydrogens is 176 g/mol. The Morgan fingerprint density at radius 3 is 1.77 bits per heavy atom. The lowest BCUT2D eigenvalue weighted by Gasteiger charge is -2.12. The van der Waals surface area contributed by atoms with Gasteiger partial charge in [-0.2, -0.15) is 0 Å². The summed E-state index contributed by atoms with van der Waals surface area (Å²) in [5.74, 6) is -1.88. The van der Waals surface area contributed by atoms with E-state index >= 15 is 0 Å². The van der Waals surface area contributed by atoms with E-state index in [1.807, 2.05) is 0 Å². The van der Waals surface area contributed by atoms with Crippen LogP contribution in [0.1, 0.15) is 0 Å². The van der Waals surface area contributed by atoms with Crippen molar-refractivity contribution in [1.82, 2.24) is 0 Å². The number of methoxy groups -OCH3 is 2. The first-order valence-electron chi connectivity index (χ1n) is 3.94. The van der Waals surface area contributed by atoms with Crippen LogP contribution in [0.3, 0.4) is 0 Å². The van der Waals surface area contributed by atoms with Crippen molar-refractivity contribution in [3.63, 3.8) is 0 Å². The van der Waals surface area contributed by atoms with Crippen LogP contribution in [-0.4, -0.2) is 39.4 Å². The zero-order valence-corrected chi connectivity index (χ0v) is 7.61. The normalized spacial score (nSPS) is 26.9. The molecule has 0 aromatic heterocycles. The summed E-state index contributed by atoms with van der Waals surface area (Å²) >= 11 is 0. The average molecular weight is 188 g/mol. The average Bonchev–Trinajstić information content (AvgIpc) is 2.63. The third kappa shape index (κ3) is 1.98. The highest BCUT2D eigenvalue weighted by Crippen LogP contribution is 2.22. The molecule has 5 heteroatoms. The molecule has 1 rings (SSSR count). The zero-order chi connectivity index (χ0) is 9.84. The third-order valence-electron chi connectivity index (χ3n) is 2.09. The minimum absolute atomic E-state index is 0.229. The molecule has 0 aliphatic carbocycles. The first kappa shape index (κ1) is 9.98. The molecule has 1 fully saturated rings. The fourth-order valence-corrected chi connectivity index (χ4v) is 1.32. The minimum Gasteiger partial charge on any atom is -0.469 e. The smallest absolute Gasteiger partial charge is 0.311 e. The van der Waals surface area contributed by atoms with Gasteiger partial charge >= 0.3 is 11.9 Å². The van der Waals surface area contributed by atoms with Gasteiger partial charge in [-0.1, -0.05) is 0 Å². The van der Waals surface area contributed by atoms with Crippen LogP contribution in [0, 0.1) is 11.8 Å². The molecule has 0 N–H and O–H groups in total. The summed E-state index contributed by atoms with van der Waals surface area (Å²) in [6.45, 7) is 0.457. The number of hydrogen-bond donors (Lipinski definition) is 0. The van der Waals surface area contributed by atoms with Crippen LogP contribution in [0.15, 0.2) is 0 Å². The Labute approximate surface area is 76.0 Å². The van der Waals surface area contributed by atoms with Gasteiger partial charge in [0.25, 0.3) is 0 Å². The number of ether oxygens (including phenoxy) is 3. The van der Waals surface area contributed by atoms with Crippen molar-refractivity contribution in [2.24, 2.45) is 11.8 Å². The lowest BCUT2D eigenvalue weighted by molar-refractivity contribution is -0.155. The molecule has 0 aromatic rings. The van der Waals surface area contributed by atoms with Gasteiger partial charge in [0.05, 0.1) is 39.3 Å². The Balaban J connectivity index is 2.63. The minimum atomic E-state index is -0.516. The molecule has 1 aliphatic rings. The molecule has 1 aliphatic heterocycles. The Morgan fingerprint density at radius 2 is 1.46 bits per heavy atom. The van der Waals surface area contributed by atoms with E-state index in [1.165, 1.54) is 14.2 Å². The van der Waals surface area contributed by atoms with Crippen molar-refractivity contribution in [3.8, 4) is 0 Å². The second kappa shape index (κ2) is 4.23. The van der Waals surface area contributed by atoms with Gasteiger partial charge in [-0.25, -0.2) is 0 Å². The summed E-state index contributed by atoms with van der Waals surface area (Å²) in [7, 11) is 2.57. The van der Waals surface area contributed by atoms with Crippen molar-refractivity contribution in [2.75, 3.05) is 27.4 Å². The lowest BCUT2D eigenvalue weighted by Crippen LogP contribution is -2.30. The summed E-state index contributed by atoms with van der Waals surface area (Å²) in [4.78, 5) is 22.3. The SMILES string of the molecule is COC(=O)C1COC[C@H]1C(=O)OC. The van der Waals surface area contributed by atoms with Crippen molar-refractivity contribution >= 4 is 11.9 Å². The summed E-state index contributed by atoms with van der Waals surface area (Å²) in [6.07, 6.45) is 0. The zero-order valence-electron chi connectivity index (χ0n) is 7.61. The van der Waals surface area contributed by atoms with Crippen molar-refractivity contribution in [3.05, 3.63) is 0 Å². The van der Waals surface area contributed by atoms with Crippen LogP contribution < -0.4 is 0 Å². The summed E-state index contributed by atoms with van der Waals surface area (Å²) in [5, 5.41) is 0. The first-order valence-corrected chi connectivity index (χ1v) is 3.94. The topological polar surface area (TPSA) is 61.8 Å². The predicted octanol–water partition coefficient (Wildman–Crippen LogP) is -0.405. The molecule has 1 saturated heterocycles. The molecule has 0 amide bonds. The van der Waals surface area contributed by atoms with Gasteiger partial charge in [0.1, 0.15) is 0 Å². The molecule has 0 bridgehead atoms. The van der Waals surface area contributed by atoms with Crippen LogP contribution in [0.2, 0.25) is 0 Å². The number of esters is 2. The van der Waals surface area contributed by atoms with E-state index in [0.717, 1.165) is 0 Å². The van der Waals surface area contributed by atoms with Crippen molar-refractivity contribution in [1.29, 1.82) is 0 Å². The van der Waals surface area contributed by atoms with E-state index in [1.54, 1.807) is 0 Å². The summed E-state index contributed by atoms with van der Waals surface area (Å²) in [6, 6.07) is 0. The second-order valence-corrected chi connectivity index (χ2v) is 2.80. The van der Waals surface area contributed by atoms with Crippen LogP contribution in [0.4, 0.5) is 0 Å². The van der Waals surface area contributed by atoms with Crippen LogP contribution in [0.5, 0.6) is 0 Å².